The highest BCUT2D eigenvalue weighted by molar-refractivity contribution is 4.91. The number of likely N-dealkylation sites (tertiary alicyclic amines) is 2. The number of hydrogen-bond acceptors (Lipinski definition) is 3. The standard InChI is InChI=1S/C10H21N3/c1-12-7-10(8-12)13-5-3-2-4-9(13)6-11/h9-10H,2-8,11H2,1H3. The van der Waals surface area contributed by atoms with Crippen molar-refractivity contribution in [2.45, 2.75) is 31.3 Å². The lowest BCUT2D eigenvalue weighted by Gasteiger charge is -2.48. The molecule has 0 spiro atoms. The van der Waals surface area contributed by atoms with E-state index in [-0.39, 0.29) is 0 Å². The smallest absolute Gasteiger partial charge is 0.0353 e. The molecule has 2 saturated heterocycles. The first-order chi connectivity index (χ1) is 6.31. The molecule has 76 valence electrons. The van der Waals surface area contributed by atoms with Gasteiger partial charge in [-0.25, -0.2) is 0 Å². The van der Waals surface area contributed by atoms with Crippen molar-refractivity contribution in [3.8, 4) is 0 Å². The molecule has 0 aromatic heterocycles. The van der Waals surface area contributed by atoms with Crippen molar-refractivity contribution in [2.24, 2.45) is 5.73 Å². The van der Waals surface area contributed by atoms with Crippen LogP contribution in [0.4, 0.5) is 0 Å². The average molecular weight is 183 g/mol. The fourth-order valence-electron chi connectivity index (χ4n) is 2.63. The van der Waals surface area contributed by atoms with Gasteiger partial charge in [-0.05, 0) is 26.4 Å². The maximum Gasteiger partial charge on any atom is 0.0353 e. The number of nitrogens with zero attached hydrogens (tertiary/aromatic N) is 2. The van der Waals surface area contributed by atoms with Crippen molar-refractivity contribution in [3.63, 3.8) is 0 Å². The first-order valence-electron chi connectivity index (χ1n) is 5.45. The quantitative estimate of drug-likeness (QED) is 0.660. The molecule has 13 heavy (non-hydrogen) atoms. The van der Waals surface area contributed by atoms with Gasteiger partial charge in [0, 0.05) is 31.7 Å². The van der Waals surface area contributed by atoms with Crippen LogP contribution in [0, 0.1) is 0 Å². The van der Waals surface area contributed by atoms with E-state index in [1.165, 1.54) is 38.9 Å². The van der Waals surface area contributed by atoms with Gasteiger partial charge in [-0.1, -0.05) is 6.42 Å². The zero-order valence-corrected chi connectivity index (χ0v) is 8.58. The van der Waals surface area contributed by atoms with Gasteiger partial charge in [0.25, 0.3) is 0 Å². The lowest BCUT2D eigenvalue weighted by atomic mass is 9.97. The van der Waals surface area contributed by atoms with Crippen LogP contribution in [0.15, 0.2) is 0 Å². The summed E-state index contributed by atoms with van der Waals surface area (Å²) in [5.74, 6) is 0. The molecule has 0 aromatic rings. The van der Waals surface area contributed by atoms with Crippen molar-refractivity contribution in [2.75, 3.05) is 33.2 Å². The second-order valence-corrected chi connectivity index (χ2v) is 4.50. The van der Waals surface area contributed by atoms with Gasteiger partial charge in [0.2, 0.25) is 0 Å². The first kappa shape index (κ1) is 9.44. The number of piperidine rings is 1. The largest absolute Gasteiger partial charge is 0.329 e. The predicted molar refractivity (Wildman–Crippen MR) is 54.7 cm³/mol. The molecule has 2 aliphatic rings. The Morgan fingerprint density at radius 1 is 1.31 bits per heavy atom. The minimum Gasteiger partial charge on any atom is -0.329 e. The lowest BCUT2D eigenvalue weighted by molar-refractivity contribution is 0.00807. The van der Waals surface area contributed by atoms with Crippen molar-refractivity contribution < 1.29 is 0 Å². The summed E-state index contributed by atoms with van der Waals surface area (Å²) in [6.07, 6.45) is 4.06. The molecule has 3 heteroatoms. The summed E-state index contributed by atoms with van der Waals surface area (Å²) in [6.45, 7) is 4.62. The van der Waals surface area contributed by atoms with Crippen LogP contribution in [0.1, 0.15) is 19.3 Å². The Morgan fingerprint density at radius 2 is 2.08 bits per heavy atom. The fourth-order valence-corrected chi connectivity index (χ4v) is 2.63. The van der Waals surface area contributed by atoms with Crippen LogP contribution in [0.3, 0.4) is 0 Å². The summed E-state index contributed by atoms with van der Waals surface area (Å²) in [5, 5.41) is 0. The normalized spacial score (nSPS) is 33.2. The molecule has 0 saturated carbocycles. The van der Waals surface area contributed by atoms with E-state index in [0.717, 1.165) is 12.6 Å². The SMILES string of the molecule is CN1CC(N2CCCCC2CN)C1. The molecule has 1 unspecified atom stereocenters. The van der Waals surface area contributed by atoms with Gasteiger partial charge in [0.1, 0.15) is 0 Å². The summed E-state index contributed by atoms with van der Waals surface area (Å²) in [7, 11) is 2.19. The molecule has 0 radical (unpaired) electrons. The van der Waals surface area contributed by atoms with Gasteiger partial charge >= 0.3 is 0 Å². The number of likely N-dealkylation sites (N-methyl/N-ethyl adjacent to an activating group) is 1. The van der Waals surface area contributed by atoms with Gasteiger partial charge in [-0.2, -0.15) is 0 Å². The maximum atomic E-state index is 5.79. The van der Waals surface area contributed by atoms with E-state index in [2.05, 4.69) is 16.8 Å². The van der Waals surface area contributed by atoms with Gasteiger partial charge < -0.3 is 10.6 Å². The monoisotopic (exact) mass is 183 g/mol. The molecule has 3 nitrogen and oxygen atoms in total. The van der Waals surface area contributed by atoms with Crippen molar-refractivity contribution >= 4 is 0 Å². The molecule has 0 amide bonds. The zero-order valence-electron chi connectivity index (χ0n) is 8.58. The second-order valence-electron chi connectivity index (χ2n) is 4.50. The lowest BCUT2D eigenvalue weighted by Crippen LogP contribution is -2.62. The highest BCUT2D eigenvalue weighted by Gasteiger charge is 2.34. The summed E-state index contributed by atoms with van der Waals surface area (Å²) in [6, 6.07) is 1.48. The third kappa shape index (κ3) is 1.87. The Balaban J connectivity index is 1.87. The molecule has 0 bridgehead atoms. The minimum absolute atomic E-state index is 0.674. The van der Waals surface area contributed by atoms with E-state index in [4.69, 9.17) is 5.73 Å². The van der Waals surface area contributed by atoms with Crippen molar-refractivity contribution in [1.29, 1.82) is 0 Å². The van der Waals surface area contributed by atoms with Crippen LogP contribution in [0.2, 0.25) is 0 Å². The second kappa shape index (κ2) is 3.95. The van der Waals surface area contributed by atoms with Crippen LogP contribution in [0.5, 0.6) is 0 Å². The van der Waals surface area contributed by atoms with Gasteiger partial charge in [0.05, 0.1) is 0 Å². The van der Waals surface area contributed by atoms with E-state index in [9.17, 15) is 0 Å². The van der Waals surface area contributed by atoms with Gasteiger partial charge in [0.15, 0.2) is 0 Å². The Bertz CT molecular complexity index is 166. The average Bonchev–Trinajstić information content (AvgIpc) is 2.13. The predicted octanol–water partition coefficient (Wildman–Crippen LogP) is 0.114. The molecule has 2 N–H and O–H groups in total. The molecule has 0 aromatic carbocycles. The number of hydrogen-bond donors (Lipinski definition) is 1. The fraction of sp³-hybridized carbons (Fsp3) is 1.00. The molecule has 2 heterocycles. The topological polar surface area (TPSA) is 32.5 Å². The van der Waals surface area contributed by atoms with E-state index < -0.39 is 0 Å². The van der Waals surface area contributed by atoms with Crippen LogP contribution in [-0.2, 0) is 0 Å². The van der Waals surface area contributed by atoms with E-state index in [1.54, 1.807) is 0 Å². The Kier molecular flexibility index (Phi) is 2.86. The minimum atomic E-state index is 0.674. The number of rotatable bonds is 2. The molecule has 1 atom stereocenters. The van der Waals surface area contributed by atoms with Crippen LogP contribution in [-0.4, -0.2) is 55.1 Å². The molecule has 0 aliphatic carbocycles. The summed E-state index contributed by atoms with van der Waals surface area (Å²) >= 11 is 0. The van der Waals surface area contributed by atoms with Crippen molar-refractivity contribution in [3.05, 3.63) is 0 Å². The Labute approximate surface area is 80.9 Å². The molecular weight excluding hydrogens is 162 g/mol. The molecule has 2 aliphatic heterocycles. The van der Waals surface area contributed by atoms with Gasteiger partial charge in [-0.15, -0.1) is 0 Å². The third-order valence-electron chi connectivity index (χ3n) is 3.46. The Hall–Kier alpha value is -0.120. The highest BCUT2D eigenvalue weighted by Crippen LogP contribution is 2.23. The molecular formula is C10H21N3. The third-order valence-corrected chi connectivity index (χ3v) is 3.46. The van der Waals surface area contributed by atoms with E-state index in [0.29, 0.717) is 6.04 Å². The maximum absolute atomic E-state index is 5.79. The zero-order chi connectivity index (χ0) is 9.26. The van der Waals surface area contributed by atoms with Gasteiger partial charge in [-0.3, -0.25) is 4.90 Å². The van der Waals surface area contributed by atoms with Crippen LogP contribution < -0.4 is 5.73 Å². The van der Waals surface area contributed by atoms with E-state index in [1.807, 2.05) is 0 Å². The first-order valence-corrected chi connectivity index (χ1v) is 5.45. The molecule has 2 rings (SSSR count). The summed E-state index contributed by atoms with van der Waals surface area (Å²) < 4.78 is 0. The summed E-state index contributed by atoms with van der Waals surface area (Å²) in [4.78, 5) is 5.02. The summed E-state index contributed by atoms with van der Waals surface area (Å²) in [5.41, 5.74) is 5.79. The van der Waals surface area contributed by atoms with Crippen LogP contribution in [0.25, 0.3) is 0 Å². The van der Waals surface area contributed by atoms with E-state index >= 15 is 0 Å². The number of nitrogens with two attached hydrogens (primary N) is 1. The van der Waals surface area contributed by atoms with Crippen molar-refractivity contribution in [1.82, 2.24) is 9.80 Å². The Morgan fingerprint density at radius 3 is 2.69 bits per heavy atom. The molecule has 2 fully saturated rings. The van der Waals surface area contributed by atoms with Crippen LogP contribution >= 0.6 is 0 Å². The highest BCUT2D eigenvalue weighted by atomic mass is 15.3.